The number of rotatable bonds is 4. The zero-order valence-electron chi connectivity index (χ0n) is 11.5. The lowest BCUT2D eigenvalue weighted by Crippen LogP contribution is -2.51. The first-order valence-electron chi connectivity index (χ1n) is 5.82. The average molecular weight is 415 g/mol. The molecule has 0 aliphatic rings. The molecule has 26 heavy (non-hydrogen) atoms. The Morgan fingerprint density at radius 3 is 1.00 bits per heavy atom. The van der Waals surface area contributed by atoms with Crippen molar-refractivity contribution < 1.29 is 61.5 Å². The van der Waals surface area contributed by atoms with Gasteiger partial charge in [0.1, 0.15) is 0 Å². The van der Waals surface area contributed by atoms with Crippen molar-refractivity contribution in [3.63, 3.8) is 0 Å². The first kappa shape index (κ1) is 22.2. The largest absolute Gasteiger partial charge is 0.460 e. The highest BCUT2D eigenvalue weighted by Gasteiger charge is 2.75. The molecule has 0 aliphatic carbocycles. The predicted octanol–water partition coefficient (Wildman–Crippen LogP) is 5.66. The number of alkyl halides is 14. The SMILES string of the molecule is FC(F)(F)C(F)(F)C(F)(F)c1cncc(C(F)(F)C(F)(F)C(F)(F)F)c1. The molecule has 0 aliphatic heterocycles. The lowest BCUT2D eigenvalue weighted by atomic mass is 9.97. The van der Waals surface area contributed by atoms with E-state index in [4.69, 9.17) is 0 Å². The van der Waals surface area contributed by atoms with E-state index in [9.17, 15) is 61.5 Å². The van der Waals surface area contributed by atoms with E-state index in [2.05, 4.69) is 4.98 Å². The summed E-state index contributed by atoms with van der Waals surface area (Å²) in [5.74, 6) is -26.3. The van der Waals surface area contributed by atoms with Crippen molar-refractivity contribution in [2.45, 2.75) is 36.0 Å². The van der Waals surface area contributed by atoms with E-state index in [0.717, 1.165) is 0 Å². The average Bonchev–Trinajstić information content (AvgIpc) is 2.44. The maximum Gasteiger partial charge on any atom is 0.460 e. The molecule has 1 nitrogen and oxygen atoms in total. The molecular weight excluding hydrogens is 412 g/mol. The van der Waals surface area contributed by atoms with Gasteiger partial charge in [-0.25, -0.2) is 0 Å². The van der Waals surface area contributed by atoms with E-state index >= 15 is 0 Å². The molecule has 0 aromatic carbocycles. The van der Waals surface area contributed by atoms with Crippen LogP contribution >= 0.6 is 0 Å². The second-order valence-electron chi connectivity index (χ2n) is 4.76. The van der Waals surface area contributed by atoms with Gasteiger partial charge in [0.15, 0.2) is 0 Å². The molecule has 0 saturated carbocycles. The van der Waals surface area contributed by atoms with E-state index in [1.54, 1.807) is 0 Å². The maximum absolute atomic E-state index is 13.4. The van der Waals surface area contributed by atoms with E-state index in [1.807, 2.05) is 0 Å². The fourth-order valence-corrected chi connectivity index (χ4v) is 1.50. The smallest absolute Gasteiger partial charge is 0.264 e. The molecule has 0 unspecified atom stereocenters. The molecule has 1 aromatic heterocycles. The number of hydrogen-bond donors (Lipinski definition) is 0. The third-order valence-corrected chi connectivity index (χ3v) is 2.96. The third kappa shape index (κ3) is 3.15. The van der Waals surface area contributed by atoms with Crippen molar-refractivity contribution in [2.75, 3.05) is 0 Å². The molecule has 0 radical (unpaired) electrons. The van der Waals surface area contributed by atoms with Crippen molar-refractivity contribution in [1.82, 2.24) is 4.98 Å². The minimum absolute atomic E-state index is 0.509. The van der Waals surface area contributed by atoms with Crippen molar-refractivity contribution in [2.24, 2.45) is 0 Å². The van der Waals surface area contributed by atoms with Crippen LogP contribution in [-0.4, -0.2) is 29.2 Å². The Balaban J connectivity index is 3.54. The van der Waals surface area contributed by atoms with E-state index in [0.29, 0.717) is 0 Å². The summed E-state index contributed by atoms with van der Waals surface area (Å²) in [6, 6.07) is -1.04. The van der Waals surface area contributed by atoms with Crippen LogP contribution in [0.3, 0.4) is 0 Å². The van der Waals surface area contributed by atoms with E-state index in [-0.39, 0.29) is 0 Å². The highest BCUT2D eigenvalue weighted by Crippen LogP contribution is 2.54. The molecule has 1 aromatic rings. The van der Waals surface area contributed by atoms with Crippen molar-refractivity contribution in [1.29, 1.82) is 0 Å². The lowest BCUT2D eigenvalue weighted by Gasteiger charge is -2.30. The highest BCUT2D eigenvalue weighted by molar-refractivity contribution is 5.29. The van der Waals surface area contributed by atoms with Crippen LogP contribution in [0.2, 0.25) is 0 Å². The fourth-order valence-electron chi connectivity index (χ4n) is 1.50. The number of hydrogen-bond acceptors (Lipinski definition) is 1. The van der Waals surface area contributed by atoms with Crippen LogP contribution in [0.5, 0.6) is 0 Å². The van der Waals surface area contributed by atoms with Gasteiger partial charge in [0, 0.05) is 23.5 Å². The summed E-state index contributed by atoms with van der Waals surface area (Å²) in [5, 5.41) is 0. The van der Waals surface area contributed by atoms with Crippen LogP contribution in [0, 0.1) is 0 Å². The molecule has 0 bridgehead atoms. The summed E-state index contributed by atoms with van der Waals surface area (Å²) in [5.41, 5.74) is -5.29. The molecule has 1 rings (SSSR count). The number of aromatic nitrogens is 1. The highest BCUT2D eigenvalue weighted by atomic mass is 19.4. The molecule has 0 amide bonds. The maximum atomic E-state index is 13.4. The molecule has 0 atom stereocenters. The molecule has 0 N–H and O–H groups in total. The Labute approximate surface area is 133 Å². The number of nitrogens with zero attached hydrogens (tertiary/aromatic N) is 1. The van der Waals surface area contributed by atoms with Crippen LogP contribution < -0.4 is 0 Å². The molecular formula is C11H3F14N. The van der Waals surface area contributed by atoms with Gasteiger partial charge in [-0.3, -0.25) is 4.98 Å². The number of halogens is 14. The van der Waals surface area contributed by atoms with Gasteiger partial charge in [-0.15, -0.1) is 0 Å². The van der Waals surface area contributed by atoms with Crippen molar-refractivity contribution in [3.8, 4) is 0 Å². The van der Waals surface area contributed by atoms with Gasteiger partial charge in [0.25, 0.3) is 0 Å². The minimum Gasteiger partial charge on any atom is -0.264 e. The van der Waals surface area contributed by atoms with Gasteiger partial charge in [0.2, 0.25) is 0 Å². The fraction of sp³-hybridized carbons (Fsp3) is 0.545. The second-order valence-corrected chi connectivity index (χ2v) is 4.76. The Kier molecular flexibility index (Phi) is 4.99. The predicted molar refractivity (Wildman–Crippen MR) is 54.0 cm³/mol. The normalized spacial score (nSPS) is 15.3. The first-order valence-corrected chi connectivity index (χ1v) is 5.82. The summed E-state index contributed by atoms with van der Waals surface area (Å²) < 4.78 is 177. The van der Waals surface area contributed by atoms with Crippen LogP contribution in [0.25, 0.3) is 0 Å². The zero-order chi connectivity index (χ0) is 21.0. The molecule has 0 saturated heterocycles. The van der Waals surface area contributed by atoms with Gasteiger partial charge < -0.3 is 0 Å². The van der Waals surface area contributed by atoms with E-state index in [1.165, 1.54) is 0 Å². The molecule has 15 heteroatoms. The van der Waals surface area contributed by atoms with Crippen LogP contribution in [0.1, 0.15) is 11.1 Å². The Morgan fingerprint density at radius 2 is 0.769 bits per heavy atom. The van der Waals surface area contributed by atoms with Gasteiger partial charge >= 0.3 is 36.0 Å². The van der Waals surface area contributed by atoms with Crippen LogP contribution in [-0.2, 0) is 11.8 Å². The summed E-state index contributed by atoms with van der Waals surface area (Å²) >= 11 is 0. The molecule has 150 valence electrons. The van der Waals surface area contributed by atoms with E-state index < -0.39 is 65.6 Å². The Morgan fingerprint density at radius 1 is 0.500 bits per heavy atom. The summed E-state index contributed by atoms with van der Waals surface area (Å²) in [7, 11) is 0. The van der Waals surface area contributed by atoms with Crippen molar-refractivity contribution >= 4 is 0 Å². The van der Waals surface area contributed by atoms with Crippen LogP contribution in [0.15, 0.2) is 18.5 Å². The quantitative estimate of drug-likeness (QED) is 0.579. The lowest BCUT2D eigenvalue weighted by molar-refractivity contribution is -0.361. The first-order chi connectivity index (χ1) is 11.2. The van der Waals surface area contributed by atoms with Crippen LogP contribution in [0.4, 0.5) is 61.5 Å². The monoisotopic (exact) mass is 415 g/mol. The summed E-state index contributed by atoms with van der Waals surface area (Å²) in [4.78, 5) is 2.35. The zero-order valence-corrected chi connectivity index (χ0v) is 11.5. The van der Waals surface area contributed by atoms with Gasteiger partial charge in [-0.05, 0) is 6.07 Å². The summed E-state index contributed by atoms with van der Waals surface area (Å²) in [6.07, 6.45) is -14.8. The molecule has 1 heterocycles. The van der Waals surface area contributed by atoms with Crippen molar-refractivity contribution in [3.05, 3.63) is 29.6 Å². The minimum atomic E-state index is -6.90. The summed E-state index contributed by atoms with van der Waals surface area (Å²) in [6.45, 7) is 0. The Hall–Kier alpha value is -1.83. The van der Waals surface area contributed by atoms with Gasteiger partial charge in [0.05, 0.1) is 0 Å². The standard InChI is InChI=1S/C11H3F14N/c12-6(13,8(16,17)10(20,21)22)4-1-5(3-26-2-4)7(14,15)9(18,19)11(23,24)25/h1-3H. The molecule has 0 fully saturated rings. The topological polar surface area (TPSA) is 12.9 Å². The number of pyridine rings is 1. The molecule has 0 spiro atoms. The second kappa shape index (κ2) is 5.84. The Bertz CT molecular complexity index is 602. The van der Waals surface area contributed by atoms with Gasteiger partial charge in [-0.1, -0.05) is 0 Å². The van der Waals surface area contributed by atoms with Gasteiger partial charge in [-0.2, -0.15) is 61.5 Å². The third-order valence-electron chi connectivity index (χ3n) is 2.96.